The normalized spacial score (nSPS) is 10.4. The summed E-state index contributed by atoms with van der Waals surface area (Å²) in [5, 5.41) is 0. The van der Waals surface area contributed by atoms with Gasteiger partial charge in [0.2, 0.25) is 0 Å². The summed E-state index contributed by atoms with van der Waals surface area (Å²) < 4.78 is 8.66. The summed E-state index contributed by atoms with van der Waals surface area (Å²) in [6, 6.07) is 6.07. The average Bonchev–Trinajstić information content (AvgIpc) is 2.74. The number of rotatable bonds is 4. The number of aryl methyl sites for hydroxylation is 1. The van der Waals surface area contributed by atoms with E-state index in [2.05, 4.69) is 27.8 Å². The van der Waals surface area contributed by atoms with Gasteiger partial charge in [0.15, 0.2) is 0 Å². The molecule has 0 saturated heterocycles. The second-order valence-corrected chi connectivity index (χ2v) is 4.44. The molecule has 0 aliphatic heterocycles. The minimum Gasteiger partial charge on any atom is -0.491 e. The lowest BCUT2D eigenvalue weighted by Crippen LogP contribution is -2.06. The third-order valence-electron chi connectivity index (χ3n) is 2.25. The van der Waals surface area contributed by atoms with Crippen molar-refractivity contribution in [2.24, 2.45) is 0 Å². The number of hydrogen-bond acceptors (Lipinski definition) is 2. The van der Waals surface area contributed by atoms with Gasteiger partial charge in [-0.05, 0) is 40.5 Å². The van der Waals surface area contributed by atoms with Crippen LogP contribution in [0, 0.1) is 6.92 Å². The summed E-state index contributed by atoms with van der Waals surface area (Å²) in [5.74, 6) is 0.880. The number of imidazole rings is 1. The minimum absolute atomic E-state index is 0.637. The maximum Gasteiger partial charge on any atom is 0.133 e. The van der Waals surface area contributed by atoms with Crippen LogP contribution in [0.1, 0.15) is 5.56 Å². The van der Waals surface area contributed by atoms with Crippen LogP contribution in [0.4, 0.5) is 0 Å². The summed E-state index contributed by atoms with van der Waals surface area (Å²) in [4.78, 5) is 3.98. The van der Waals surface area contributed by atoms with Crippen LogP contribution < -0.4 is 4.74 Å². The predicted molar refractivity (Wildman–Crippen MR) is 66.6 cm³/mol. The van der Waals surface area contributed by atoms with Gasteiger partial charge in [0, 0.05) is 12.4 Å². The van der Waals surface area contributed by atoms with Crippen molar-refractivity contribution in [1.29, 1.82) is 0 Å². The van der Waals surface area contributed by atoms with Gasteiger partial charge < -0.3 is 9.30 Å². The fourth-order valence-electron chi connectivity index (χ4n) is 1.40. The third-order valence-corrected chi connectivity index (χ3v) is 2.87. The van der Waals surface area contributed by atoms with E-state index in [1.807, 2.05) is 29.0 Å². The van der Waals surface area contributed by atoms with E-state index in [0.29, 0.717) is 6.61 Å². The Labute approximate surface area is 103 Å². The van der Waals surface area contributed by atoms with Crippen LogP contribution in [0.15, 0.2) is 41.4 Å². The summed E-state index contributed by atoms with van der Waals surface area (Å²) in [6.45, 7) is 3.50. The molecule has 0 radical (unpaired) electrons. The Balaban J connectivity index is 1.90. The number of hydrogen-bond donors (Lipinski definition) is 0. The van der Waals surface area contributed by atoms with Gasteiger partial charge in [0.25, 0.3) is 0 Å². The van der Waals surface area contributed by atoms with Gasteiger partial charge in [-0.1, -0.05) is 6.07 Å². The molecule has 1 aromatic carbocycles. The summed E-state index contributed by atoms with van der Waals surface area (Å²) in [6.07, 6.45) is 5.48. The second kappa shape index (κ2) is 5.16. The van der Waals surface area contributed by atoms with Crippen molar-refractivity contribution in [3.63, 3.8) is 0 Å². The molecule has 0 unspecified atom stereocenters. The van der Waals surface area contributed by atoms with Crippen LogP contribution in [0.5, 0.6) is 5.75 Å². The van der Waals surface area contributed by atoms with E-state index >= 15 is 0 Å². The molecular weight excluding hydrogens is 268 g/mol. The standard InChI is InChI=1S/C12H13BrN2O/c1-10-2-3-12(11(13)8-10)16-7-6-15-5-4-14-9-15/h2-5,8-9H,6-7H2,1H3. The highest BCUT2D eigenvalue weighted by Crippen LogP contribution is 2.25. The molecule has 0 N–H and O–H groups in total. The van der Waals surface area contributed by atoms with Crippen LogP contribution in [0.25, 0.3) is 0 Å². The van der Waals surface area contributed by atoms with Crippen molar-refractivity contribution in [1.82, 2.24) is 9.55 Å². The SMILES string of the molecule is Cc1ccc(OCCn2ccnc2)c(Br)c1. The molecule has 0 amide bonds. The van der Waals surface area contributed by atoms with E-state index in [4.69, 9.17) is 4.74 Å². The van der Waals surface area contributed by atoms with Crippen molar-refractivity contribution in [2.75, 3.05) is 6.61 Å². The lowest BCUT2D eigenvalue weighted by atomic mass is 10.2. The molecule has 3 nitrogen and oxygen atoms in total. The van der Waals surface area contributed by atoms with E-state index < -0.39 is 0 Å². The first-order chi connectivity index (χ1) is 7.75. The molecule has 84 valence electrons. The third kappa shape index (κ3) is 2.85. The van der Waals surface area contributed by atoms with E-state index in [0.717, 1.165) is 16.8 Å². The molecule has 0 fully saturated rings. The lowest BCUT2D eigenvalue weighted by molar-refractivity contribution is 0.296. The van der Waals surface area contributed by atoms with Gasteiger partial charge in [0.1, 0.15) is 12.4 Å². The molecule has 16 heavy (non-hydrogen) atoms. The highest BCUT2D eigenvalue weighted by molar-refractivity contribution is 9.10. The number of benzene rings is 1. The lowest BCUT2D eigenvalue weighted by Gasteiger charge is -2.08. The molecule has 0 saturated carbocycles. The van der Waals surface area contributed by atoms with Crippen LogP contribution in [0.3, 0.4) is 0 Å². The van der Waals surface area contributed by atoms with Crippen molar-refractivity contribution in [2.45, 2.75) is 13.5 Å². The molecule has 1 aromatic heterocycles. The zero-order valence-electron chi connectivity index (χ0n) is 9.06. The maximum atomic E-state index is 5.67. The first-order valence-corrected chi connectivity index (χ1v) is 5.90. The molecule has 1 heterocycles. The molecule has 2 aromatic rings. The quantitative estimate of drug-likeness (QED) is 0.861. The van der Waals surface area contributed by atoms with Gasteiger partial charge in [-0.2, -0.15) is 0 Å². The fourth-order valence-corrected chi connectivity index (χ4v) is 2.01. The molecule has 0 spiro atoms. The van der Waals surface area contributed by atoms with Gasteiger partial charge in [-0.3, -0.25) is 0 Å². The number of aromatic nitrogens is 2. The summed E-state index contributed by atoms with van der Waals surface area (Å²) in [5.41, 5.74) is 1.22. The topological polar surface area (TPSA) is 27.1 Å². The highest BCUT2D eigenvalue weighted by atomic mass is 79.9. The van der Waals surface area contributed by atoms with Crippen molar-refractivity contribution in [3.8, 4) is 5.75 Å². The van der Waals surface area contributed by atoms with Crippen LogP contribution in [-0.4, -0.2) is 16.2 Å². The second-order valence-electron chi connectivity index (χ2n) is 3.58. The Kier molecular flexibility index (Phi) is 3.62. The van der Waals surface area contributed by atoms with Crippen molar-refractivity contribution >= 4 is 15.9 Å². The zero-order valence-corrected chi connectivity index (χ0v) is 10.6. The Bertz CT molecular complexity index is 454. The van der Waals surface area contributed by atoms with Gasteiger partial charge >= 0.3 is 0 Å². The van der Waals surface area contributed by atoms with E-state index in [9.17, 15) is 0 Å². The van der Waals surface area contributed by atoms with Crippen molar-refractivity contribution in [3.05, 3.63) is 47.0 Å². The number of ether oxygens (including phenoxy) is 1. The largest absolute Gasteiger partial charge is 0.491 e. The fraction of sp³-hybridized carbons (Fsp3) is 0.250. The van der Waals surface area contributed by atoms with E-state index in [1.54, 1.807) is 12.5 Å². The molecule has 0 bridgehead atoms. The summed E-state index contributed by atoms with van der Waals surface area (Å²) in [7, 11) is 0. The highest BCUT2D eigenvalue weighted by Gasteiger charge is 2.00. The molecule has 0 aliphatic carbocycles. The zero-order chi connectivity index (χ0) is 11.4. The molecule has 4 heteroatoms. The van der Waals surface area contributed by atoms with Crippen molar-refractivity contribution < 1.29 is 4.74 Å². The van der Waals surface area contributed by atoms with E-state index in [1.165, 1.54) is 5.56 Å². The number of halogens is 1. The van der Waals surface area contributed by atoms with Crippen LogP contribution in [0.2, 0.25) is 0 Å². The van der Waals surface area contributed by atoms with E-state index in [-0.39, 0.29) is 0 Å². The van der Waals surface area contributed by atoms with Gasteiger partial charge in [-0.15, -0.1) is 0 Å². The van der Waals surface area contributed by atoms with Crippen LogP contribution >= 0.6 is 15.9 Å². The average molecular weight is 281 g/mol. The Hall–Kier alpha value is -1.29. The Morgan fingerprint density at radius 2 is 2.31 bits per heavy atom. The monoisotopic (exact) mass is 280 g/mol. The molecular formula is C12H13BrN2O. The number of nitrogens with zero attached hydrogens (tertiary/aromatic N) is 2. The minimum atomic E-state index is 0.637. The van der Waals surface area contributed by atoms with Gasteiger partial charge in [0.05, 0.1) is 17.3 Å². The smallest absolute Gasteiger partial charge is 0.133 e. The van der Waals surface area contributed by atoms with Crippen LogP contribution in [-0.2, 0) is 6.54 Å². The first-order valence-electron chi connectivity index (χ1n) is 5.10. The Morgan fingerprint density at radius 1 is 1.44 bits per heavy atom. The summed E-state index contributed by atoms with van der Waals surface area (Å²) >= 11 is 3.48. The maximum absolute atomic E-state index is 5.67. The molecule has 0 atom stereocenters. The Morgan fingerprint density at radius 3 is 3.00 bits per heavy atom. The van der Waals surface area contributed by atoms with Gasteiger partial charge in [-0.25, -0.2) is 4.98 Å². The first kappa shape index (κ1) is 11.2. The predicted octanol–water partition coefficient (Wildman–Crippen LogP) is 3.03. The molecule has 0 aliphatic rings. The molecule has 2 rings (SSSR count).